The topological polar surface area (TPSA) is 21.3 Å². The van der Waals surface area contributed by atoms with Crippen LogP contribution in [0.25, 0.3) is 11.1 Å². The number of rotatable bonds is 4. The van der Waals surface area contributed by atoms with Crippen LogP contribution >= 0.6 is 0 Å². The van der Waals surface area contributed by atoms with E-state index in [4.69, 9.17) is 4.74 Å². The highest BCUT2D eigenvalue weighted by Crippen LogP contribution is 2.38. The normalized spacial score (nSPS) is 17.0. The molecule has 0 aliphatic heterocycles. The molecular formula is C18H21NO. The molecule has 1 N–H and O–H groups in total. The van der Waals surface area contributed by atoms with Crippen LogP contribution in [-0.4, -0.2) is 13.7 Å². The first-order valence-electron chi connectivity index (χ1n) is 7.33. The summed E-state index contributed by atoms with van der Waals surface area (Å²) >= 11 is 0. The van der Waals surface area contributed by atoms with Crippen LogP contribution in [0.1, 0.15) is 30.5 Å². The van der Waals surface area contributed by atoms with Gasteiger partial charge in [-0.2, -0.15) is 0 Å². The molecule has 20 heavy (non-hydrogen) atoms. The Morgan fingerprint density at radius 2 is 2.05 bits per heavy atom. The van der Waals surface area contributed by atoms with Crippen molar-refractivity contribution in [2.45, 2.75) is 25.8 Å². The lowest BCUT2D eigenvalue weighted by Crippen LogP contribution is -2.18. The smallest absolute Gasteiger partial charge is 0.119 e. The molecule has 0 heterocycles. The summed E-state index contributed by atoms with van der Waals surface area (Å²) in [7, 11) is 1.72. The Bertz CT molecular complexity index is 606. The third-order valence-corrected chi connectivity index (χ3v) is 4.10. The average molecular weight is 267 g/mol. The molecule has 0 aromatic heterocycles. The summed E-state index contributed by atoms with van der Waals surface area (Å²) in [6, 6.07) is 15.5. The molecule has 0 amide bonds. The van der Waals surface area contributed by atoms with E-state index in [-0.39, 0.29) is 0 Å². The van der Waals surface area contributed by atoms with Crippen LogP contribution < -0.4 is 10.1 Å². The van der Waals surface area contributed by atoms with Crippen LogP contribution in [0.3, 0.4) is 0 Å². The Hall–Kier alpha value is -1.80. The molecule has 0 fully saturated rings. The van der Waals surface area contributed by atoms with Crippen LogP contribution in [0.15, 0.2) is 42.5 Å². The molecule has 2 nitrogen and oxygen atoms in total. The molecule has 0 saturated carbocycles. The van der Waals surface area contributed by atoms with E-state index < -0.39 is 0 Å². The van der Waals surface area contributed by atoms with Crippen LogP contribution in [-0.2, 0) is 6.42 Å². The maximum absolute atomic E-state index is 5.34. The molecule has 3 rings (SSSR count). The van der Waals surface area contributed by atoms with Gasteiger partial charge < -0.3 is 10.1 Å². The van der Waals surface area contributed by atoms with Crippen LogP contribution in [0, 0.1) is 0 Å². The van der Waals surface area contributed by atoms with Crippen molar-refractivity contribution in [3.63, 3.8) is 0 Å². The molecule has 0 saturated heterocycles. The molecule has 0 bridgehead atoms. The van der Waals surface area contributed by atoms with E-state index in [1.165, 1.54) is 28.7 Å². The van der Waals surface area contributed by atoms with Crippen LogP contribution in [0.4, 0.5) is 0 Å². The number of ether oxygens (including phenoxy) is 1. The number of methoxy groups -OCH3 is 1. The second-order valence-electron chi connectivity index (χ2n) is 5.25. The molecule has 104 valence electrons. The van der Waals surface area contributed by atoms with E-state index in [0.29, 0.717) is 6.04 Å². The molecular weight excluding hydrogens is 246 g/mol. The van der Waals surface area contributed by atoms with Gasteiger partial charge in [-0.15, -0.1) is 0 Å². The Morgan fingerprint density at radius 1 is 1.20 bits per heavy atom. The fraction of sp³-hybridized carbons (Fsp3) is 0.333. The van der Waals surface area contributed by atoms with E-state index >= 15 is 0 Å². The zero-order chi connectivity index (χ0) is 13.9. The Kier molecular flexibility index (Phi) is 3.75. The Balaban J connectivity index is 2.03. The quantitative estimate of drug-likeness (QED) is 0.905. The monoisotopic (exact) mass is 267 g/mol. The molecule has 1 aliphatic rings. The van der Waals surface area contributed by atoms with Gasteiger partial charge in [-0.25, -0.2) is 0 Å². The van der Waals surface area contributed by atoms with Gasteiger partial charge in [0.1, 0.15) is 5.75 Å². The lowest BCUT2D eigenvalue weighted by atomic mass is 9.96. The van der Waals surface area contributed by atoms with Crippen LogP contribution in [0.5, 0.6) is 5.75 Å². The van der Waals surface area contributed by atoms with Gasteiger partial charge in [0.15, 0.2) is 0 Å². The predicted octanol–water partition coefficient (Wildman–Crippen LogP) is 3.96. The SMILES string of the molecule is CCNC1CCc2c(-c3cccc(OC)c3)cccc21. The van der Waals surface area contributed by atoms with Gasteiger partial charge in [0.05, 0.1) is 7.11 Å². The lowest BCUT2D eigenvalue weighted by Gasteiger charge is -2.14. The van der Waals surface area contributed by atoms with Crippen molar-refractivity contribution in [1.29, 1.82) is 0 Å². The molecule has 1 unspecified atom stereocenters. The van der Waals surface area contributed by atoms with Gasteiger partial charge in [-0.1, -0.05) is 37.3 Å². The fourth-order valence-electron chi connectivity index (χ4n) is 3.17. The summed E-state index contributed by atoms with van der Waals surface area (Å²) < 4.78 is 5.34. The number of fused-ring (bicyclic) bond motifs is 1. The van der Waals surface area contributed by atoms with Gasteiger partial charge >= 0.3 is 0 Å². The van der Waals surface area contributed by atoms with Crippen molar-refractivity contribution >= 4 is 0 Å². The van der Waals surface area contributed by atoms with E-state index in [1.54, 1.807) is 7.11 Å². The summed E-state index contributed by atoms with van der Waals surface area (Å²) in [6.07, 6.45) is 2.35. The highest BCUT2D eigenvalue weighted by atomic mass is 16.5. The largest absolute Gasteiger partial charge is 0.497 e. The summed E-state index contributed by atoms with van der Waals surface area (Å²) in [4.78, 5) is 0. The second kappa shape index (κ2) is 5.68. The molecule has 0 spiro atoms. The van der Waals surface area contributed by atoms with Crippen molar-refractivity contribution in [3.8, 4) is 16.9 Å². The summed E-state index contributed by atoms with van der Waals surface area (Å²) in [6.45, 7) is 3.19. The zero-order valence-electron chi connectivity index (χ0n) is 12.1. The van der Waals surface area contributed by atoms with Crippen molar-refractivity contribution < 1.29 is 4.74 Å². The zero-order valence-corrected chi connectivity index (χ0v) is 12.1. The van der Waals surface area contributed by atoms with E-state index in [0.717, 1.165) is 18.7 Å². The van der Waals surface area contributed by atoms with Crippen molar-refractivity contribution in [2.24, 2.45) is 0 Å². The summed E-state index contributed by atoms with van der Waals surface area (Å²) in [5, 5.41) is 3.58. The number of benzene rings is 2. The summed E-state index contributed by atoms with van der Waals surface area (Å²) in [5.74, 6) is 0.918. The highest BCUT2D eigenvalue weighted by Gasteiger charge is 2.23. The van der Waals surface area contributed by atoms with Gasteiger partial charge in [0, 0.05) is 6.04 Å². The Morgan fingerprint density at radius 3 is 2.85 bits per heavy atom. The third kappa shape index (κ3) is 2.32. The maximum atomic E-state index is 5.34. The molecule has 1 atom stereocenters. The first-order chi connectivity index (χ1) is 9.83. The predicted molar refractivity (Wildman–Crippen MR) is 83.2 cm³/mol. The molecule has 0 radical (unpaired) electrons. The lowest BCUT2D eigenvalue weighted by molar-refractivity contribution is 0.415. The minimum atomic E-state index is 0.514. The molecule has 2 heteroatoms. The first-order valence-corrected chi connectivity index (χ1v) is 7.33. The van der Waals surface area contributed by atoms with Gasteiger partial charge in [0.25, 0.3) is 0 Å². The first kappa shape index (κ1) is 13.2. The molecule has 1 aliphatic carbocycles. The average Bonchev–Trinajstić information content (AvgIpc) is 2.91. The number of hydrogen-bond acceptors (Lipinski definition) is 2. The fourth-order valence-corrected chi connectivity index (χ4v) is 3.17. The third-order valence-electron chi connectivity index (χ3n) is 4.10. The minimum Gasteiger partial charge on any atom is -0.497 e. The number of nitrogens with one attached hydrogen (secondary N) is 1. The highest BCUT2D eigenvalue weighted by molar-refractivity contribution is 5.71. The van der Waals surface area contributed by atoms with Crippen LogP contribution in [0.2, 0.25) is 0 Å². The standard InChI is InChI=1S/C18H21NO/c1-3-19-18-11-10-16-15(8-5-9-17(16)18)13-6-4-7-14(12-13)20-2/h4-9,12,18-19H,3,10-11H2,1-2H3. The second-order valence-corrected chi connectivity index (χ2v) is 5.25. The van der Waals surface area contributed by atoms with E-state index in [1.807, 2.05) is 6.07 Å². The van der Waals surface area contributed by atoms with Gasteiger partial charge in [-0.05, 0) is 53.8 Å². The molecule has 2 aromatic rings. The van der Waals surface area contributed by atoms with E-state index in [2.05, 4.69) is 48.6 Å². The van der Waals surface area contributed by atoms with Crippen molar-refractivity contribution in [3.05, 3.63) is 53.6 Å². The van der Waals surface area contributed by atoms with Crippen molar-refractivity contribution in [1.82, 2.24) is 5.32 Å². The number of hydrogen-bond donors (Lipinski definition) is 1. The van der Waals surface area contributed by atoms with Gasteiger partial charge in [0.2, 0.25) is 0 Å². The summed E-state index contributed by atoms with van der Waals surface area (Å²) in [5.41, 5.74) is 5.55. The van der Waals surface area contributed by atoms with Crippen molar-refractivity contribution in [2.75, 3.05) is 13.7 Å². The Labute approximate surface area is 120 Å². The minimum absolute atomic E-state index is 0.514. The van der Waals surface area contributed by atoms with Gasteiger partial charge in [-0.3, -0.25) is 0 Å². The molecule has 2 aromatic carbocycles. The maximum Gasteiger partial charge on any atom is 0.119 e. The van der Waals surface area contributed by atoms with E-state index in [9.17, 15) is 0 Å².